The van der Waals surface area contributed by atoms with E-state index in [0.29, 0.717) is 6.61 Å². The molecule has 0 N–H and O–H groups in total. The molecule has 10 heavy (non-hydrogen) atoms. The van der Waals surface area contributed by atoms with Crippen molar-refractivity contribution in [2.24, 2.45) is 0 Å². The van der Waals surface area contributed by atoms with Crippen LogP contribution in [0.25, 0.3) is 0 Å². The normalized spacial score (nSPS) is 7.00. The molecule has 0 aromatic carbocycles. The molecule has 0 aliphatic rings. The third-order valence-corrected chi connectivity index (χ3v) is 0.803. The van der Waals surface area contributed by atoms with Crippen LogP contribution in [0.5, 0.6) is 0 Å². The van der Waals surface area contributed by atoms with Gasteiger partial charge in [0.1, 0.15) is 0 Å². The van der Waals surface area contributed by atoms with Crippen LogP contribution in [0, 0.1) is 0 Å². The van der Waals surface area contributed by atoms with Crippen molar-refractivity contribution < 1.29 is 9.53 Å². The predicted molar refractivity (Wildman–Crippen MR) is 45.0 cm³/mol. The number of unbranched alkanes of at least 4 members (excludes halogenated alkanes) is 1. The number of ether oxygens (including phenoxy) is 1. The van der Waals surface area contributed by atoms with Gasteiger partial charge in [0.05, 0.1) is 6.61 Å². The van der Waals surface area contributed by atoms with E-state index in [9.17, 15) is 4.79 Å². The van der Waals surface area contributed by atoms with Crippen LogP contribution in [0.4, 0.5) is 0 Å². The molecule has 2 nitrogen and oxygen atoms in total. The Hall–Kier alpha value is -0.530. The third-order valence-electron chi connectivity index (χ3n) is 0.803. The number of esters is 1. The Morgan fingerprint density at radius 1 is 1.40 bits per heavy atom. The molecule has 64 valence electrons. The van der Waals surface area contributed by atoms with Crippen LogP contribution in [0.1, 0.15) is 41.5 Å². The highest BCUT2D eigenvalue weighted by Crippen LogP contribution is 1.86. The van der Waals surface area contributed by atoms with Crippen molar-refractivity contribution in [1.82, 2.24) is 0 Å². The Morgan fingerprint density at radius 2 is 1.90 bits per heavy atom. The van der Waals surface area contributed by atoms with Gasteiger partial charge in [0, 0.05) is 6.92 Å². The van der Waals surface area contributed by atoms with Gasteiger partial charge in [0.2, 0.25) is 0 Å². The van der Waals surface area contributed by atoms with Gasteiger partial charge in [-0.3, -0.25) is 4.79 Å². The van der Waals surface area contributed by atoms with E-state index in [-0.39, 0.29) is 20.8 Å². The summed E-state index contributed by atoms with van der Waals surface area (Å²) in [5, 5.41) is 0. The van der Waals surface area contributed by atoms with Gasteiger partial charge in [0.15, 0.2) is 0 Å². The lowest BCUT2D eigenvalue weighted by molar-refractivity contribution is -0.141. The third kappa shape index (κ3) is 15.6. The fourth-order valence-corrected chi connectivity index (χ4v) is 0.360. The molecule has 0 rings (SSSR count). The fourth-order valence-electron chi connectivity index (χ4n) is 0.360. The molecule has 0 spiro atoms. The first-order valence-electron chi connectivity index (χ1n) is 2.90. The van der Waals surface area contributed by atoms with E-state index < -0.39 is 0 Å². The van der Waals surface area contributed by atoms with Crippen LogP contribution < -0.4 is 0 Å². The van der Waals surface area contributed by atoms with E-state index in [4.69, 9.17) is 0 Å². The van der Waals surface area contributed by atoms with Crippen LogP contribution in [0.2, 0.25) is 0 Å². The summed E-state index contributed by atoms with van der Waals surface area (Å²) in [6.07, 6.45) is 2.05. The van der Waals surface area contributed by atoms with Crippen molar-refractivity contribution >= 4 is 5.97 Å². The second-order valence-electron chi connectivity index (χ2n) is 1.69. The topological polar surface area (TPSA) is 26.3 Å². The molecule has 0 amide bonds. The van der Waals surface area contributed by atoms with Gasteiger partial charge in [-0.2, -0.15) is 0 Å². The zero-order valence-electron chi connectivity index (χ0n) is 5.44. The molecule has 0 atom stereocenters. The van der Waals surface area contributed by atoms with E-state index in [1.54, 1.807) is 0 Å². The molecule has 2 heteroatoms. The highest BCUT2D eigenvalue weighted by atomic mass is 16.5. The summed E-state index contributed by atoms with van der Waals surface area (Å²) in [6, 6.07) is 0. The summed E-state index contributed by atoms with van der Waals surface area (Å²) in [6.45, 7) is 4.06. The van der Waals surface area contributed by atoms with Crippen LogP contribution in [-0.2, 0) is 9.53 Å². The fraction of sp³-hybridized carbons (Fsp3) is 0.875. The molecule has 0 fully saturated rings. The number of carbonyl (C=O) groups is 1. The zero-order valence-corrected chi connectivity index (χ0v) is 5.44. The number of carbonyl (C=O) groups excluding carboxylic acids is 1. The van der Waals surface area contributed by atoms with Crippen LogP contribution >= 0.6 is 0 Å². The second kappa shape index (κ2) is 11.3. The maximum Gasteiger partial charge on any atom is 0.302 e. The van der Waals surface area contributed by atoms with Crippen molar-refractivity contribution in [2.45, 2.75) is 41.5 Å². The van der Waals surface area contributed by atoms with Gasteiger partial charge < -0.3 is 4.74 Å². The predicted octanol–water partition coefficient (Wildman–Crippen LogP) is 2.62. The molecule has 0 saturated heterocycles. The van der Waals surface area contributed by atoms with E-state index in [0.717, 1.165) is 12.8 Å². The molecular weight excluding hydrogens is 128 g/mol. The molecule has 0 radical (unpaired) electrons. The Kier molecular flexibility index (Phi) is 18.3. The summed E-state index contributed by atoms with van der Waals surface area (Å²) < 4.78 is 4.64. The summed E-state index contributed by atoms with van der Waals surface area (Å²) in [7, 11) is 0. The molecule has 0 heterocycles. The monoisotopic (exact) mass is 148 g/mol. The van der Waals surface area contributed by atoms with Crippen LogP contribution in [0.15, 0.2) is 0 Å². The van der Waals surface area contributed by atoms with E-state index in [1.165, 1.54) is 6.92 Å². The first kappa shape index (κ1) is 16.2. The molecule has 0 aliphatic carbocycles. The highest BCUT2D eigenvalue weighted by Gasteiger charge is 1.88. The first-order valence-corrected chi connectivity index (χ1v) is 2.90. The lowest BCUT2D eigenvalue weighted by atomic mass is 10.4. The van der Waals surface area contributed by atoms with Crippen molar-refractivity contribution in [1.29, 1.82) is 0 Å². The molecule has 0 aromatic heterocycles. The van der Waals surface area contributed by atoms with Gasteiger partial charge in [-0.25, -0.2) is 0 Å². The average molecular weight is 148 g/mol. The van der Waals surface area contributed by atoms with Crippen molar-refractivity contribution in [2.75, 3.05) is 6.61 Å². The minimum absolute atomic E-state index is 0. The Bertz CT molecular complexity index is 69.7. The number of hydrogen-bond acceptors (Lipinski definition) is 2. The molecule has 0 aliphatic heterocycles. The summed E-state index contributed by atoms with van der Waals surface area (Å²) in [5.74, 6) is -0.182. The number of rotatable bonds is 3. The lowest BCUT2D eigenvalue weighted by Gasteiger charge is -1.96. The van der Waals surface area contributed by atoms with Crippen molar-refractivity contribution in [3.05, 3.63) is 0 Å². The molecule has 0 aromatic rings. The minimum Gasteiger partial charge on any atom is -0.466 e. The van der Waals surface area contributed by atoms with Crippen LogP contribution in [-0.4, -0.2) is 12.6 Å². The Balaban J connectivity index is -0.000000245. The van der Waals surface area contributed by atoms with Gasteiger partial charge in [0.25, 0.3) is 0 Å². The Labute approximate surface area is 64.6 Å². The van der Waals surface area contributed by atoms with Gasteiger partial charge in [-0.05, 0) is 6.42 Å². The van der Waals surface area contributed by atoms with E-state index >= 15 is 0 Å². The maximum absolute atomic E-state index is 10.1. The standard InChI is InChI=1S/C6H12O2.2CH4/c1-3-4-5-8-6(2)7;;/h3-5H2,1-2H3;2*1H4. The molecule has 0 bridgehead atoms. The molecular formula is C8H20O2. The minimum atomic E-state index is -0.182. The Morgan fingerprint density at radius 3 is 2.20 bits per heavy atom. The maximum atomic E-state index is 10.1. The summed E-state index contributed by atoms with van der Waals surface area (Å²) in [5.41, 5.74) is 0. The lowest BCUT2D eigenvalue weighted by Crippen LogP contribution is -1.99. The second-order valence-corrected chi connectivity index (χ2v) is 1.69. The van der Waals surface area contributed by atoms with E-state index in [1.807, 2.05) is 0 Å². The largest absolute Gasteiger partial charge is 0.466 e. The summed E-state index contributed by atoms with van der Waals surface area (Å²) >= 11 is 0. The van der Waals surface area contributed by atoms with Gasteiger partial charge in [-0.1, -0.05) is 28.2 Å². The van der Waals surface area contributed by atoms with Crippen LogP contribution in [0.3, 0.4) is 0 Å². The van der Waals surface area contributed by atoms with Gasteiger partial charge in [-0.15, -0.1) is 0 Å². The van der Waals surface area contributed by atoms with Crippen molar-refractivity contribution in [3.63, 3.8) is 0 Å². The quantitative estimate of drug-likeness (QED) is 0.454. The smallest absolute Gasteiger partial charge is 0.302 e. The van der Waals surface area contributed by atoms with Crippen molar-refractivity contribution in [3.8, 4) is 0 Å². The van der Waals surface area contributed by atoms with E-state index in [2.05, 4.69) is 11.7 Å². The molecule has 0 unspecified atom stereocenters. The summed E-state index contributed by atoms with van der Waals surface area (Å²) in [4.78, 5) is 10.1. The number of hydrogen-bond donors (Lipinski definition) is 0. The highest BCUT2D eigenvalue weighted by molar-refractivity contribution is 5.65. The van der Waals surface area contributed by atoms with Gasteiger partial charge >= 0.3 is 5.97 Å². The first-order chi connectivity index (χ1) is 3.77. The SMILES string of the molecule is C.C.CCCCOC(C)=O. The average Bonchev–Trinajstić information content (AvgIpc) is 1.66. The zero-order chi connectivity index (χ0) is 6.41. The molecule has 0 saturated carbocycles.